The van der Waals surface area contributed by atoms with Crippen LogP contribution in [-0.4, -0.2) is 30.1 Å². The van der Waals surface area contributed by atoms with Gasteiger partial charge in [0.1, 0.15) is 0 Å². The highest BCUT2D eigenvalue weighted by atomic mass is 16.4. The van der Waals surface area contributed by atoms with Gasteiger partial charge < -0.3 is 15.3 Å². The summed E-state index contributed by atoms with van der Waals surface area (Å²) in [5, 5.41) is 12.5. The molecule has 0 spiro atoms. The summed E-state index contributed by atoms with van der Waals surface area (Å²) in [4.78, 5) is 24.7. The predicted molar refractivity (Wildman–Crippen MR) is 76.2 cm³/mol. The van der Waals surface area contributed by atoms with Crippen LogP contribution in [0, 0.1) is 5.92 Å². The van der Waals surface area contributed by atoms with Gasteiger partial charge in [-0.1, -0.05) is 0 Å². The minimum atomic E-state index is -0.965. The fourth-order valence-corrected chi connectivity index (χ4v) is 2.50. The Hall–Kier alpha value is -2.04. The molecule has 2 aliphatic rings. The fraction of sp³-hybridized carbons (Fsp3) is 0.467. The summed E-state index contributed by atoms with van der Waals surface area (Å²) in [5.41, 5.74) is 1.69. The summed E-state index contributed by atoms with van der Waals surface area (Å²) in [6.45, 7) is 1.54. The zero-order chi connectivity index (χ0) is 14.1. The third kappa shape index (κ3) is 2.76. The summed E-state index contributed by atoms with van der Waals surface area (Å²) in [6.07, 6.45) is 3.86. The normalized spacial score (nSPS) is 18.4. The molecule has 0 unspecified atom stereocenters. The van der Waals surface area contributed by atoms with Crippen LogP contribution in [0.1, 0.15) is 36.0 Å². The molecular formula is C15H18N2O3. The average molecular weight is 274 g/mol. The molecule has 1 heterocycles. The van der Waals surface area contributed by atoms with Gasteiger partial charge in [0.2, 0.25) is 5.91 Å². The Kier molecular flexibility index (Phi) is 3.34. The van der Waals surface area contributed by atoms with Crippen molar-refractivity contribution in [2.24, 2.45) is 5.92 Å². The minimum Gasteiger partial charge on any atom is -0.478 e. The molecule has 1 aromatic carbocycles. The predicted octanol–water partition coefficient (Wildman–Crippen LogP) is 2.33. The van der Waals surface area contributed by atoms with E-state index < -0.39 is 5.97 Å². The molecule has 1 amide bonds. The number of aromatic carboxylic acids is 1. The van der Waals surface area contributed by atoms with Crippen LogP contribution >= 0.6 is 0 Å². The topological polar surface area (TPSA) is 69.6 Å². The number of hydrogen-bond donors (Lipinski definition) is 2. The molecule has 1 aliphatic heterocycles. The Labute approximate surface area is 117 Å². The number of carboxylic acid groups (broad SMARTS) is 1. The highest BCUT2D eigenvalue weighted by Gasteiger charge is 2.24. The lowest BCUT2D eigenvalue weighted by molar-refractivity contribution is -0.117. The largest absolute Gasteiger partial charge is 0.478 e. The first kappa shape index (κ1) is 13.0. The first-order chi connectivity index (χ1) is 9.63. The van der Waals surface area contributed by atoms with Crippen molar-refractivity contribution >= 4 is 23.3 Å². The molecule has 0 atom stereocenters. The minimum absolute atomic E-state index is 0.0701. The molecule has 0 radical (unpaired) electrons. The number of nitrogens with zero attached hydrogens (tertiary/aromatic N) is 1. The van der Waals surface area contributed by atoms with Crippen molar-refractivity contribution in [2.75, 3.05) is 23.3 Å². The molecule has 2 N–H and O–H groups in total. The van der Waals surface area contributed by atoms with Gasteiger partial charge >= 0.3 is 5.97 Å². The Morgan fingerprint density at radius 3 is 2.75 bits per heavy atom. The van der Waals surface area contributed by atoms with Crippen LogP contribution in [0.15, 0.2) is 18.2 Å². The van der Waals surface area contributed by atoms with E-state index in [1.807, 2.05) is 6.07 Å². The zero-order valence-corrected chi connectivity index (χ0v) is 11.3. The van der Waals surface area contributed by atoms with Crippen molar-refractivity contribution in [2.45, 2.75) is 25.7 Å². The molecule has 106 valence electrons. The standard InChI is InChI=1S/C15H18N2O3/c18-14-2-1-5-17(14)13-7-11(15(19)20)6-12(8-13)16-9-10-3-4-10/h6-8,10,16H,1-5,9H2,(H,19,20). The average Bonchev–Trinajstić information content (AvgIpc) is 3.16. The second-order valence-corrected chi connectivity index (χ2v) is 5.55. The van der Waals surface area contributed by atoms with Gasteiger partial charge in [0.15, 0.2) is 0 Å². The molecule has 5 heteroatoms. The summed E-state index contributed by atoms with van der Waals surface area (Å²) < 4.78 is 0. The number of amides is 1. The van der Waals surface area contributed by atoms with E-state index in [4.69, 9.17) is 0 Å². The highest BCUT2D eigenvalue weighted by molar-refractivity contribution is 5.98. The number of carboxylic acids is 1. The number of rotatable bonds is 5. The molecule has 20 heavy (non-hydrogen) atoms. The first-order valence-electron chi connectivity index (χ1n) is 7.06. The summed E-state index contributed by atoms with van der Waals surface area (Å²) in [6, 6.07) is 5.08. The molecule has 1 aliphatic carbocycles. The van der Waals surface area contributed by atoms with Gasteiger partial charge in [-0.3, -0.25) is 4.79 Å². The Balaban J connectivity index is 1.86. The van der Waals surface area contributed by atoms with E-state index in [1.54, 1.807) is 17.0 Å². The lowest BCUT2D eigenvalue weighted by Gasteiger charge is -2.18. The van der Waals surface area contributed by atoms with Crippen molar-refractivity contribution in [1.82, 2.24) is 0 Å². The first-order valence-corrected chi connectivity index (χ1v) is 7.06. The van der Waals surface area contributed by atoms with Crippen molar-refractivity contribution in [1.29, 1.82) is 0 Å². The van der Waals surface area contributed by atoms with E-state index in [9.17, 15) is 14.7 Å². The van der Waals surface area contributed by atoms with E-state index in [1.165, 1.54) is 12.8 Å². The van der Waals surface area contributed by atoms with Gasteiger partial charge in [-0.25, -0.2) is 4.79 Å². The van der Waals surface area contributed by atoms with E-state index in [0.717, 1.165) is 18.7 Å². The number of carbonyl (C=O) groups excluding carboxylic acids is 1. The lowest BCUT2D eigenvalue weighted by atomic mass is 10.1. The van der Waals surface area contributed by atoms with Crippen LogP contribution in [0.4, 0.5) is 11.4 Å². The maximum atomic E-state index is 11.8. The third-order valence-electron chi connectivity index (χ3n) is 3.84. The monoisotopic (exact) mass is 274 g/mol. The van der Waals surface area contributed by atoms with E-state index in [2.05, 4.69) is 5.32 Å². The molecule has 1 aromatic rings. The highest BCUT2D eigenvalue weighted by Crippen LogP contribution is 2.30. The number of benzene rings is 1. The van der Waals surface area contributed by atoms with Crippen LogP contribution in [0.2, 0.25) is 0 Å². The third-order valence-corrected chi connectivity index (χ3v) is 3.84. The van der Waals surface area contributed by atoms with E-state index in [0.29, 0.717) is 24.6 Å². The Morgan fingerprint density at radius 1 is 1.35 bits per heavy atom. The van der Waals surface area contributed by atoms with Crippen LogP contribution in [0.5, 0.6) is 0 Å². The van der Waals surface area contributed by atoms with Gasteiger partial charge in [0.25, 0.3) is 0 Å². The Bertz CT molecular complexity index is 552. The van der Waals surface area contributed by atoms with E-state index in [-0.39, 0.29) is 11.5 Å². The van der Waals surface area contributed by atoms with Crippen LogP contribution in [-0.2, 0) is 4.79 Å². The Morgan fingerprint density at radius 2 is 2.15 bits per heavy atom. The molecule has 3 rings (SSSR count). The number of nitrogens with one attached hydrogen (secondary N) is 1. The summed E-state index contributed by atoms with van der Waals surface area (Å²) in [7, 11) is 0. The van der Waals surface area contributed by atoms with E-state index >= 15 is 0 Å². The lowest BCUT2D eigenvalue weighted by Crippen LogP contribution is -2.24. The van der Waals surface area contributed by atoms with Gasteiger partial charge in [-0.15, -0.1) is 0 Å². The summed E-state index contributed by atoms with van der Waals surface area (Å²) >= 11 is 0. The molecule has 1 saturated carbocycles. The zero-order valence-electron chi connectivity index (χ0n) is 11.3. The molecular weight excluding hydrogens is 256 g/mol. The van der Waals surface area contributed by atoms with Crippen molar-refractivity contribution in [3.63, 3.8) is 0 Å². The van der Waals surface area contributed by atoms with Gasteiger partial charge in [-0.05, 0) is 43.4 Å². The molecule has 0 bridgehead atoms. The fourth-order valence-electron chi connectivity index (χ4n) is 2.50. The van der Waals surface area contributed by atoms with Crippen LogP contribution < -0.4 is 10.2 Å². The molecule has 0 aromatic heterocycles. The number of hydrogen-bond acceptors (Lipinski definition) is 3. The second kappa shape index (κ2) is 5.15. The van der Waals surface area contributed by atoms with Crippen molar-refractivity contribution < 1.29 is 14.7 Å². The maximum Gasteiger partial charge on any atom is 0.335 e. The molecule has 2 fully saturated rings. The smallest absolute Gasteiger partial charge is 0.335 e. The van der Waals surface area contributed by atoms with Gasteiger partial charge in [0, 0.05) is 30.9 Å². The van der Waals surface area contributed by atoms with Crippen molar-refractivity contribution in [3.05, 3.63) is 23.8 Å². The molecule has 5 nitrogen and oxygen atoms in total. The molecule has 1 saturated heterocycles. The van der Waals surface area contributed by atoms with Crippen LogP contribution in [0.25, 0.3) is 0 Å². The quantitative estimate of drug-likeness (QED) is 0.864. The van der Waals surface area contributed by atoms with Crippen LogP contribution in [0.3, 0.4) is 0 Å². The SMILES string of the molecule is O=C(O)c1cc(NCC2CC2)cc(N2CCCC2=O)c1. The van der Waals surface area contributed by atoms with Gasteiger partial charge in [0.05, 0.1) is 5.56 Å². The second-order valence-electron chi connectivity index (χ2n) is 5.55. The van der Waals surface area contributed by atoms with Gasteiger partial charge in [-0.2, -0.15) is 0 Å². The van der Waals surface area contributed by atoms with Crippen molar-refractivity contribution in [3.8, 4) is 0 Å². The number of carbonyl (C=O) groups is 2. The maximum absolute atomic E-state index is 11.8. The number of anilines is 2. The summed E-state index contributed by atoms with van der Waals surface area (Å²) in [5.74, 6) is -0.186.